The molecular formula is C28H37ClN6O9. The minimum atomic E-state index is -1.13. The van der Waals surface area contributed by atoms with E-state index in [1.807, 2.05) is 0 Å². The zero-order chi connectivity index (χ0) is 32.8. The molecular weight excluding hydrogens is 600 g/mol. The second kappa shape index (κ2) is 13.9. The lowest BCUT2D eigenvalue weighted by Gasteiger charge is -2.35. The zero-order valence-corrected chi connectivity index (χ0v) is 26.1. The summed E-state index contributed by atoms with van der Waals surface area (Å²) in [5.74, 6) is -1.70. The molecule has 0 bridgehead atoms. The third kappa shape index (κ3) is 9.56. The Balaban J connectivity index is 0.000000259. The van der Waals surface area contributed by atoms with Gasteiger partial charge in [0.2, 0.25) is 11.7 Å². The number of carbonyl (C=O) groups excluding carboxylic acids is 4. The van der Waals surface area contributed by atoms with E-state index in [-0.39, 0.29) is 24.8 Å². The molecule has 4 amide bonds. The van der Waals surface area contributed by atoms with Crippen molar-refractivity contribution in [1.82, 2.24) is 30.6 Å². The number of benzene rings is 1. The maximum absolute atomic E-state index is 12.5. The molecule has 0 aliphatic carbocycles. The molecule has 2 atom stereocenters. The number of carboxylic acids is 1. The lowest BCUT2D eigenvalue weighted by atomic mass is 10.1. The fourth-order valence-corrected chi connectivity index (χ4v) is 4.33. The van der Waals surface area contributed by atoms with Crippen molar-refractivity contribution >= 4 is 41.6 Å². The molecule has 2 aromatic rings. The maximum atomic E-state index is 12.5. The van der Waals surface area contributed by atoms with Crippen LogP contribution in [0.3, 0.4) is 0 Å². The summed E-state index contributed by atoms with van der Waals surface area (Å²) in [4.78, 5) is 65.8. The van der Waals surface area contributed by atoms with Gasteiger partial charge in [-0.3, -0.25) is 24.2 Å². The summed E-state index contributed by atoms with van der Waals surface area (Å²) in [6.07, 6.45) is -1.70. The molecule has 1 aromatic heterocycles. The number of hydrogen-bond donors (Lipinski definition) is 3. The van der Waals surface area contributed by atoms with Gasteiger partial charge < -0.3 is 29.7 Å². The molecule has 15 nitrogen and oxygen atoms in total. The first-order chi connectivity index (χ1) is 20.4. The van der Waals surface area contributed by atoms with Crippen LogP contribution >= 0.6 is 11.6 Å². The Labute approximate surface area is 259 Å². The number of piperazine rings is 2. The predicted octanol–water partition coefficient (Wildman–Crippen LogP) is 2.99. The summed E-state index contributed by atoms with van der Waals surface area (Å²) in [5, 5.41) is 18.4. The second-order valence-electron chi connectivity index (χ2n) is 11.9. The molecule has 0 spiro atoms. The number of nitrogens with zero attached hydrogens (tertiary/aromatic N) is 4. The fraction of sp³-hybridized carbons (Fsp3) is 0.536. The Kier molecular flexibility index (Phi) is 10.8. The van der Waals surface area contributed by atoms with Gasteiger partial charge in [0.15, 0.2) is 6.04 Å². The van der Waals surface area contributed by atoms with Crippen molar-refractivity contribution in [2.24, 2.45) is 0 Å². The van der Waals surface area contributed by atoms with Gasteiger partial charge in [0.1, 0.15) is 17.2 Å². The van der Waals surface area contributed by atoms with Crippen LogP contribution in [0.25, 0.3) is 11.4 Å². The van der Waals surface area contributed by atoms with Crippen molar-refractivity contribution in [1.29, 1.82) is 0 Å². The van der Waals surface area contributed by atoms with Crippen LogP contribution < -0.4 is 10.6 Å². The van der Waals surface area contributed by atoms with Crippen molar-refractivity contribution in [3.8, 4) is 11.4 Å². The predicted molar refractivity (Wildman–Crippen MR) is 155 cm³/mol. The van der Waals surface area contributed by atoms with Gasteiger partial charge in [-0.1, -0.05) is 28.9 Å². The first-order valence-electron chi connectivity index (χ1n) is 13.8. The topological polar surface area (TPSA) is 193 Å². The van der Waals surface area contributed by atoms with Crippen molar-refractivity contribution < 1.29 is 43.1 Å². The van der Waals surface area contributed by atoms with Crippen LogP contribution in [-0.2, 0) is 23.9 Å². The van der Waals surface area contributed by atoms with E-state index < -0.39 is 59.7 Å². The molecule has 0 saturated carbocycles. The molecule has 4 rings (SSSR count). The first kappa shape index (κ1) is 34.1. The lowest BCUT2D eigenvalue weighted by molar-refractivity contribution is -0.142. The maximum Gasteiger partial charge on any atom is 0.411 e. The van der Waals surface area contributed by atoms with Crippen LogP contribution in [0.15, 0.2) is 28.8 Å². The van der Waals surface area contributed by atoms with E-state index >= 15 is 0 Å². The number of carboxylic acid groups (broad SMARTS) is 1. The third-order valence-electron chi connectivity index (χ3n) is 5.93. The highest BCUT2D eigenvalue weighted by atomic mass is 35.5. The van der Waals surface area contributed by atoms with E-state index in [1.54, 1.807) is 65.8 Å². The largest absolute Gasteiger partial charge is 0.481 e. The van der Waals surface area contributed by atoms with Gasteiger partial charge in [0.25, 0.3) is 11.8 Å². The highest BCUT2D eigenvalue weighted by molar-refractivity contribution is 6.30. The number of nitrogens with one attached hydrogen (secondary N) is 2. The molecule has 2 aliphatic rings. The highest BCUT2D eigenvalue weighted by Gasteiger charge is 2.41. The molecule has 16 heteroatoms. The molecule has 0 radical (unpaired) electrons. The minimum Gasteiger partial charge on any atom is -0.481 e. The molecule has 44 heavy (non-hydrogen) atoms. The Morgan fingerprint density at radius 3 is 2.11 bits per heavy atom. The van der Waals surface area contributed by atoms with Gasteiger partial charge in [-0.2, -0.15) is 4.98 Å². The van der Waals surface area contributed by atoms with Crippen molar-refractivity contribution in [3.63, 3.8) is 0 Å². The van der Waals surface area contributed by atoms with Crippen LogP contribution in [0.5, 0.6) is 0 Å². The molecule has 2 saturated heterocycles. The van der Waals surface area contributed by atoms with Gasteiger partial charge in [-0.25, -0.2) is 9.59 Å². The Morgan fingerprint density at radius 2 is 1.55 bits per heavy atom. The number of aromatic nitrogens is 2. The average Bonchev–Trinajstić information content (AvgIpc) is 3.38. The Hall–Kier alpha value is -4.40. The number of hydrogen-bond acceptors (Lipinski definition) is 10. The molecule has 2 unspecified atom stereocenters. The number of rotatable bonds is 4. The molecule has 3 heterocycles. The molecule has 1 aromatic carbocycles. The first-order valence-corrected chi connectivity index (χ1v) is 14.2. The standard InChI is InChI=1S/C17H19ClN4O4.C11H18N2O5/c1-17(2,3)25-16(24)22-8-7-19-14(23)12(22)15-20-13(21-26-15)10-5-4-6-11(18)9-10;1-11(2,3)18-10(17)13-5-4-12-9(16)7(13)6-8(14)15/h4-6,9,12H,7-8H2,1-3H3,(H,19,23);7H,4-6H2,1-3H3,(H,12,16)(H,14,15). The minimum absolute atomic E-state index is 0.0167. The molecule has 3 N–H and O–H groups in total. The van der Waals surface area contributed by atoms with Gasteiger partial charge in [-0.05, 0) is 53.7 Å². The van der Waals surface area contributed by atoms with Crippen LogP contribution in [0, 0.1) is 0 Å². The average molecular weight is 637 g/mol. The van der Waals surface area contributed by atoms with Crippen LogP contribution in [0.4, 0.5) is 9.59 Å². The van der Waals surface area contributed by atoms with E-state index in [9.17, 15) is 24.0 Å². The van der Waals surface area contributed by atoms with Gasteiger partial charge in [-0.15, -0.1) is 0 Å². The van der Waals surface area contributed by atoms with Crippen molar-refractivity contribution in [2.75, 3.05) is 26.2 Å². The summed E-state index contributed by atoms with van der Waals surface area (Å²) >= 11 is 5.98. The van der Waals surface area contributed by atoms with Crippen LogP contribution in [-0.4, -0.2) is 98.4 Å². The van der Waals surface area contributed by atoms with E-state index in [0.717, 1.165) is 4.90 Å². The third-order valence-corrected chi connectivity index (χ3v) is 6.16. The quantitative estimate of drug-likeness (QED) is 0.446. The Morgan fingerprint density at radius 1 is 0.977 bits per heavy atom. The SMILES string of the molecule is CC(C)(C)OC(=O)N1CCNC(=O)C1CC(=O)O.CC(C)(C)OC(=O)N1CCNC(=O)C1c1nc(-c2cccc(Cl)c2)no1. The number of amides is 4. The second-order valence-corrected chi connectivity index (χ2v) is 12.3. The van der Waals surface area contributed by atoms with E-state index in [4.69, 9.17) is 30.7 Å². The van der Waals surface area contributed by atoms with Gasteiger partial charge in [0, 0.05) is 36.8 Å². The monoisotopic (exact) mass is 636 g/mol. The highest BCUT2D eigenvalue weighted by Crippen LogP contribution is 2.27. The van der Waals surface area contributed by atoms with Crippen LogP contribution in [0.1, 0.15) is 59.9 Å². The summed E-state index contributed by atoms with van der Waals surface area (Å²) in [6.45, 7) is 11.6. The normalized spacial score (nSPS) is 18.8. The van der Waals surface area contributed by atoms with Crippen molar-refractivity contribution in [2.45, 2.75) is 71.2 Å². The summed E-state index contributed by atoms with van der Waals surface area (Å²) in [5.41, 5.74) is -0.720. The lowest BCUT2D eigenvalue weighted by Crippen LogP contribution is -2.58. The van der Waals surface area contributed by atoms with Gasteiger partial charge >= 0.3 is 18.2 Å². The van der Waals surface area contributed by atoms with E-state index in [0.29, 0.717) is 23.7 Å². The van der Waals surface area contributed by atoms with E-state index in [1.165, 1.54) is 4.90 Å². The zero-order valence-electron chi connectivity index (χ0n) is 25.4. The summed E-state index contributed by atoms with van der Waals surface area (Å²) in [7, 11) is 0. The summed E-state index contributed by atoms with van der Waals surface area (Å²) in [6, 6.07) is 4.89. The number of ether oxygens (including phenoxy) is 2. The number of carbonyl (C=O) groups is 5. The fourth-order valence-electron chi connectivity index (χ4n) is 4.14. The number of halogens is 1. The molecule has 240 valence electrons. The summed E-state index contributed by atoms with van der Waals surface area (Å²) < 4.78 is 15.8. The number of aliphatic carboxylic acids is 1. The van der Waals surface area contributed by atoms with E-state index in [2.05, 4.69) is 20.8 Å². The smallest absolute Gasteiger partial charge is 0.411 e. The van der Waals surface area contributed by atoms with Gasteiger partial charge in [0.05, 0.1) is 6.42 Å². The van der Waals surface area contributed by atoms with Crippen molar-refractivity contribution in [3.05, 3.63) is 35.2 Å². The Bertz CT molecular complexity index is 1380. The molecule has 2 fully saturated rings. The van der Waals surface area contributed by atoms with Crippen LogP contribution in [0.2, 0.25) is 5.02 Å². The molecule has 2 aliphatic heterocycles.